The standard InChI is InChI=1S/C24H20N6O2/c1-13-21(12-28(2)27-13)30-23-17-9-15(14-4-6-18-16(8-14)10-22(31)26-18)5-7-19(17)25-11-20(23)29(3)24(30)32/h4-9,11-12H,10H2,1-3H3,(H,26,31). The van der Waals surface area contributed by atoms with Crippen LogP contribution in [0.1, 0.15) is 11.3 Å². The number of aryl methyl sites for hydroxylation is 3. The number of rotatable bonds is 2. The van der Waals surface area contributed by atoms with E-state index in [0.717, 1.165) is 55.7 Å². The van der Waals surface area contributed by atoms with Crippen molar-refractivity contribution in [3.8, 4) is 16.8 Å². The Morgan fingerprint density at radius 1 is 1.03 bits per heavy atom. The van der Waals surface area contributed by atoms with Gasteiger partial charge in [0.15, 0.2) is 0 Å². The van der Waals surface area contributed by atoms with E-state index in [1.807, 2.05) is 50.5 Å². The molecule has 0 saturated heterocycles. The predicted molar refractivity (Wildman–Crippen MR) is 123 cm³/mol. The van der Waals surface area contributed by atoms with Crippen LogP contribution in [-0.4, -0.2) is 29.8 Å². The Morgan fingerprint density at radius 2 is 1.81 bits per heavy atom. The molecule has 6 rings (SSSR count). The first-order valence-electron chi connectivity index (χ1n) is 10.3. The number of aromatic nitrogens is 5. The lowest BCUT2D eigenvalue weighted by molar-refractivity contribution is -0.115. The largest absolute Gasteiger partial charge is 0.333 e. The molecule has 2 aromatic carbocycles. The van der Waals surface area contributed by atoms with Gasteiger partial charge in [-0.25, -0.2) is 4.79 Å². The highest BCUT2D eigenvalue weighted by atomic mass is 16.2. The quantitative estimate of drug-likeness (QED) is 0.472. The molecule has 8 heteroatoms. The summed E-state index contributed by atoms with van der Waals surface area (Å²) in [7, 11) is 3.60. The van der Waals surface area contributed by atoms with Gasteiger partial charge >= 0.3 is 5.69 Å². The fraction of sp³-hybridized carbons (Fsp3) is 0.167. The number of fused-ring (bicyclic) bond motifs is 4. The SMILES string of the molecule is Cc1nn(C)cc1-n1c(=O)n(C)c2cnc3ccc(-c4ccc5c(c4)CC(=O)N5)cc3c21. The zero-order valence-corrected chi connectivity index (χ0v) is 17.9. The molecule has 0 unspecified atom stereocenters. The fourth-order valence-corrected chi connectivity index (χ4v) is 4.62. The minimum Gasteiger partial charge on any atom is -0.326 e. The molecule has 0 bridgehead atoms. The summed E-state index contributed by atoms with van der Waals surface area (Å²) in [5.41, 5.74) is 7.63. The summed E-state index contributed by atoms with van der Waals surface area (Å²) in [6, 6.07) is 12.1. The molecule has 0 atom stereocenters. The van der Waals surface area contributed by atoms with Crippen molar-refractivity contribution in [3.05, 3.63) is 70.5 Å². The van der Waals surface area contributed by atoms with E-state index in [-0.39, 0.29) is 11.6 Å². The van der Waals surface area contributed by atoms with Gasteiger partial charge in [-0.1, -0.05) is 12.1 Å². The van der Waals surface area contributed by atoms with Crippen molar-refractivity contribution in [2.45, 2.75) is 13.3 Å². The van der Waals surface area contributed by atoms with Crippen LogP contribution in [0.4, 0.5) is 5.69 Å². The van der Waals surface area contributed by atoms with Crippen molar-refractivity contribution in [2.24, 2.45) is 14.1 Å². The van der Waals surface area contributed by atoms with Crippen molar-refractivity contribution in [1.29, 1.82) is 0 Å². The van der Waals surface area contributed by atoms with Crippen molar-refractivity contribution in [1.82, 2.24) is 23.9 Å². The molecule has 158 valence electrons. The van der Waals surface area contributed by atoms with Crippen molar-refractivity contribution >= 4 is 33.5 Å². The number of nitrogens with zero attached hydrogens (tertiary/aromatic N) is 5. The molecule has 0 spiro atoms. The molecule has 4 heterocycles. The van der Waals surface area contributed by atoms with Gasteiger partial charge in [0.25, 0.3) is 0 Å². The van der Waals surface area contributed by atoms with Crippen molar-refractivity contribution in [3.63, 3.8) is 0 Å². The van der Waals surface area contributed by atoms with Crippen LogP contribution in [0.3, 0.4) is 0 Å². The third-order valence-electron chi connectivity index (χ3n) is 6.18. The van der Waals surface area contributed by atoms with E-state index in [0.29, 0.717) is 6.42 Å². The number of hydrogen-bond donors (Lipinski definition) is 1. The van der Waals surface area contributed by atoms with Crippen LogP contribution in [0.2, 0.25) is 0 Å². The van der Waals surface area contributed by atoms with Crippen LogP contribution < -0.4 is 11.0 Å². The number of pyridine rings is 1. The van der Waals surface area contributed by atoms with Crippen LogP contribution in [0.25, 0.3) is 38.8 Å². The summed E-state index contributed by atoms with van der Waals surface area (Å²) in [5, 5.41) is 8.19. The second-order valence-corrected chi connectivity index (χ2v) is 8.27. The molecular weight excluding hydrogens is 404 g/mol. The first-order chi connectivity index (χ1) is 15.4. The maximum atomic E-state index is 13.2. The minimum absolute atomic E-state index is 0.0155. The highest BCUT2D eigenvalue weighted by Crippen LogP contribution is 2.33. The van der Waals surface area contributed by atoms with Crippen molar-refractivity contribution in [2.75, 3.05) is 5.32 Å². The molecule has 0 saturated carbocycles. The summed E-state index contributed by atoms with van der Waals surface area (Å²) >= 11 is 0. The molecule has 32 heavy (non-hydrogen) atoms. The van der Waals surface area contributed by atoms with Gasteiger partial charge in [-0.2, -0.15) is 5.10 Å². The molecule has 3 aromatic heterocycles. The number of amides is 1. The van der Waals surface area contributed by atoms with Crippen LogP contribution in [0, 0.1) is 6.92 Å². The topological polar surface area (TPSA) is 86.7 Å². The minimum atomic E-state index is -0.141. The lowest BCUT2D eigenvalue weighted by atomic mass is 9.99. The highest BCUT2D eigenvalue weighted by molar-refractivity contribution is 6.05. The number of nitrogens with one attached hydrogen (secondary N) is 1. The molecule has 8 nitrogen and oxygen atoms in total. The summed E-state index contributed by atoms with van der Waals surface area (Å²) in [4.78, 5) is 29.6. The lowest BCUT2D eigenvalue weighted by Gasteiger charge is -2.09. The first-order valence-corrected chi connectivity index (χ1v) is 10.3. The Kier molecular flexibility index (Phi) is 3.71. The highest BCUT2D eigenvalue weighted by Gasteiger charge is 2.20. The van der Waals surface area contributed by atoms with Crippen LogP contribution in [0.15, 0.2) is 53.6 Å². The monoisotopic (exact) mass is 424 g/mol. The van der Waals surface area contributed by atoms with Gasteiger partial charge in [0.1, 0.15) is 0 Å². The molecule has 0 aliphatic carbocycles. The summed E-state index contributed by atoms with van der Waals surface area (Å²) < 4.78 is 5.05. The van der Waals surface area contributed by atoms with Gasteiger partial charge in [-0.05, 0) is 47.9 Å². The van der Waals surface area contributed by atoms with Gasteiger partial charge in [0, 0.05) is 31.4 Å². The third-order valence-corrected chi connectivity index (χ3v) is 6.18. The van der Waals surface area contributed by atoms with E-state index in [4.69, 9.17) is 0 Å². The molecule has 1 aliphatic rings. The van der Waals surface area contributed by atoms with E-state index < -0.39 is 0 Å². The Bertz CT molecular complexity index is 1650. The fourth-order valence-electron chi connectivity index (χ4n) is 4.62. The molecule has 5 aromatic rings. The second kappa shape index (κ2) is 6.40. The predicted octanol–water partition coefficient (Wildman–Crippen LogP) is 3.08. The van der Waals surface area contributed by atoms with E-state index >= 15 is 0 Å². The smallest absolute Gasteiger partial charge is 0.326 e. The molecule has 0 radical (unpaired) electrons. The average Bonchev–Trinajstić information content (AvgIpc) is 3.39. The lowest BCUT2D eigenvalue weighted by Crippen LogP contribution is -2.21. The summed E-state index contributed by atoms with van der Waals surface area (Å²) in [5.74, 6) is 0.0155. The number of anilines is 1. The molecule has 1 N–H and O–H groups in total. The number of hydrogen-bond acceptors (Lipinski definition) is 4. The van der Waals surface area contributed by atoms with Gasteiger partial charge < -0.3 is 5.32 Å². The first kappa shape index (κ1) is 18.6. The number of carbonyl (C=O) groups is 1. The Balaban J connectivity index is 1.65. The number of benzene rings is 2. The average molecular weight is 424 g/mol. The Morgan fingerprint density at radius 3 is 2.59 bits per heavy atom. The second-order valence-electron chi connectivity index (χ2n) is 8.27. The molecule has 1 aliphatic heterocycles. The maximum absolute atomic E-state index is 13.2. The van der Waals surface area contributed by atoms with Crippen molar-refractivity contribution < 1.29 is 4.79 Å². The number of carbonyl (C=O) groups excluding carboxylic acids is 1. The molecular formula is C24H20N6O2. The maximum Gasteiger partial charge on any atom is 0.333 e. The van der Waals surface area contributed by atoms with Gasteiger partial charge in [0.2, 0.25) is 5.91 Å². The van der Waals surface area contributed by atoms with Crippen LogP contribution >= 0.6 is 0 Å². The van der Waals surface area contributed by atoms with Gasteiger partial charge in [-0.3, -0.25) is 23.6 Å². The van der Waals surface area contributed by atoms with E-state index in [1.165, 1.54) is 0 Å². The summed E-state index contributed by atoms with van der Waals surface area (Å²) in [6.07, 6.45) is 3.99. The van der Waals surface area contributed by atoms with E-state index in [9.17, 15) is 9.59 Å². The number of imidazole rings is 1. The summed E-state index contributed by atoms with van der Waals surface area (Å²) in [6.45, 7) is 1.90. The van der Waals surface area contributed by atoms with Gasteiger partial charge in [-0.15, -0.1) is 0 Å². The zero-order chi connectivity index (χ0) is 22.1. The van der Waals surface area contributed by atoms with E-state index in [1.54, 1.807) is 27.1 Å². The van der Waals surface area contributed by atoms with E-state index in [2.05, 4.69) is 21.5 Å². The Hall–Kier alpha value is -4.20. The van der Waals surface area contributed by atoms with Gasteiger partial charge in [0.05, 0.1) is 40.5 Å². The normalized spacial score (nSPS) is 13.2. The Labute approximate surface area is 182 Å². The zero-order valence-electron chi connectivity index (χ0n) is 17.9. The third kappa shape index (κ3) is 2.56. The van der Waals surface area contributed by atoms with Crippen LogP contribution in [0.5, 0.6) is 0 Å². The molecule has 0 fully saturated rings. The van der Waals surface area contributed by atoms with Crippen LogP contribution in [-0.2, 0) is 25.3 Å². The molecule has 1 amide bonds.